The molecule has 31 heavy (non-hydrogen) atoms. The summed E-state index contributed by atoms with van der Waals surface area (Å²) < 4.78 is 5.81. The van der Waals surface area contributed by atoms with E-state index in [-0.39, 0.29) is 5.91 Å². The Morgan fingerprint density at radius 3 is 2.61 bits per heavy atom. The maximum absolute atomic E-state index is 12.3. The number of thioether (sulfide) groups is 1. The number of carbonyl (C=O) groups excluding carboxylic acids is 1. The van der Waals surface area contributed by atoms with Crippen LogP contribution in [0.15, 0.2) is 63.6 Å². The highest BCUT2D eigenvalue weighted by Crippen LogP contribution is 2.32. The monoisotopic (exact) mass is 450 g/mol. The van der Waals surface area contributed by atoms with E-state index < -0.39 is 0 Å². The van der Waals surface area contributed by atoms with Gasteiger partial charge in [-0.2, -0.15) is 0 Å². The number of benzene rings is 2. The molecule has 0 fully saturated rings. The largest absolute Gasteiger partial charge is 0.411 e. The molecule has 2 aromatic heterocycles. The molecular weight excluding hydrogens is 428 g/mol. The minimum atomic E-state index is -0.0717. The first-order chi connectivity index (χ1) is 15.0. The van der Waals surface area contributed by atoms with E-state index in [1.54, 1.807) is 11.8 Å². The fourth-order valence-corrected chi connectivity index (χ4v) is 4.75. The van der Waals surface area contributed by atoms with Crippen molar-refractivity contribution in [2.75, 3.05) is 4.90 Å². The van der Waals surface area contributed by atoms with Crippen LogP contribution in [0.25, 0.3) is 11.5 Å². The molecule has 158 valence electrons. The van der Waals surface area contributed by atoms with Crippen molar-refractivity contribution in [1.82, 2.24) is 15.2 Å². The van der Waals surface area contributed by atoms with Crippen LogP contribution in [0.2, 0.25) is 0 Å². The van der Waals surface area contributed by atoms with Crippen LogP contribution in [0.3, 0.4) is 0 Å². The van der Waals surface area contributed by atoms with Gasteiger partial charge >= 0.3 is 0 Å². The van der Waals surface area contributed by atoms with Gasteiger partial charge in [0, 0.05) is 23.6 Å². The lowest BCUT2D eigenvalue weighted by Gasteiger charge is -2.18. The number of thiazole rings is 1. The number of amides is 1. The average molecular weight is 451 g/mol. The molecule has 8 heteroatoms. The molecule has 0 atom stereocenters. The van der Waals surface area contributed by atoms with E-state index in [9.17, 15) is 4.79 Å². The third kappa shape index (κ3) is 4.86. The summed E-state index contributed by atoms with van der Waals surface area (Å²) in [5, 5.41) is 11.4. The molecule has 0 unspecified atom stereocenters. The van der Waals surface area contributed by atoms with Gasteiger partial charge in [-0.05, 0) is 42.7 Å². The van der Waals surface area contributed by atoms with Crippen LogP contribution >= 0.6 is 23.1 Å². The van der Waals surface area contributed by atoms with Crippen molar-refractivity contribution in [3.63, 3.8) is 0 Å². The van der Waals surface area contributed by atoms with E-state index in [1.165, 1.54) is 28.7 Å². The lowest BCUT2D eigenvalue weighted by atomic mass is 10.1. The molecule has 0 N–H and O–H groups in total. The molecule has 0 saturated carbocycles. The lowest BCUT2D eigenvalue weighted by molar-refractivity contribution is -0.115. The van der Waals surface area contributed by atoms with Crippen LogP contribution in [-0.4, -0.2) is 21.1 Å². The number of aryl methyl sites for hydroxylation is 2. The third-order valence-corrected chi connectivity index (χ3v) is 6.50. The number of aromatic nitrogens is 3. The lowest BCUT2D eigenvalue weighted by Crippen LogP contribution is -2.22. The second kappa shape index (κ2) is 9.45. The normalized spacial score (nSPS) is 10.9. The summed E-state index contributed by atoms with van der Waals surface area (Å²) in [4.78, 5) is 18.6. The first kappa shape index (κ1) is 21.3. The Balaban J connectivity index is 1.46. The minimum absolute atomic E-state index is 0.0717. The highest BCUT2D eigenvalue weighted by Gasteiger charge is 2.18. The van der Waals surface area contributed by atoms with Crippen molar-refractivity contribution < 1.29 is 9.21 Å². The molecular formula is C23H22N4O2S2. The van der Waals surface area contributed by atoms with Crippen LogP contribution in [0.5, 0.6) is 0 Å². The number of nitrogens with zero attached hydrogens (tertiary/aromatic N) is 4. The van der Waals surface area contributed by atoms with Crippen LogP contribution in [0.4, 0.5) is 10.8 Å². The van der Waals surface area contributed by atoms with Gasteiger partial charge in [-0.15, -0.1) is 21.5 Å². The maximum atomic E-state index is 12.3. The van der Waals surface area contributed by atoms with Crippen molar-refractivity contribution in [1.29, 1.82) is 0 Å². The van der Waals surface area contributed by atoms with Crippen molar-refractivity contribution in [2.45, 2.75) is 38.2 Å². The summed E-state index contributed by atoms with van der Waals surface area (Å²) in [7, 11) is 0. The van der Waals surface area contributed by atoms with Gasteiger partial charge in [0.25, 0.3) is 5.22 Å². The van der Waals surface area contributed by atoms with E-state index in [4.69, 9.17) is 4.42 Å². The highest BCUT2D eigenvalue weighted by atomic mass is 32.2. The number of carbonyl (C=O) groups is 1. The molecule has 0 bridgehead atoms. The average Bonchev–Trinajstić information content (AvgIpc) is 3.43. The first-order valence-electron chi connectivity index (χ1n) is 9.91. The van der Waals surface area contributed by atoms with Gasteiger partial charge in [0.1, 0.15) is 0 Å². The van der Waals surface area contributed by atoms with E-state index in [0.717, 1.165) is 28.9 Å². The highest BCUT2D eigenvalue weighted by molar-refractivity contribution is 7.98. The zero-order chi connectivity index (χ0) is 21.8. The Morgan fingerprint density at radius 2 is 1.90 bits per heavy atom. The number of rotatable bonds is 7. The molecule has 0 spiro atoms. The van der Waals surface area contributed by atoms with Gasteiger partial charge < -0.3 is 4.42 Å². The first-order valence-corrected chi connectivity index (χ1v) is 11.8. The fraction of sp³-hybridized carbons (Fsp3) is 0.217. The molecule has 0 aliphatic heterocycles. The maximum Gasteiger partial charge on any atom is 0.277 e. The second-order valence-electron chi connectivity index (χ2n) is 6.97. The molecule has 0 aliphatic rings. The van der Waals surface area contributed by atoms with Crippen molar-refractivity contribution in [3.8, 4) is 11.5 Å². The van der Waals surface area contributed by atoms with Gasteiger partial charge in [-0.1, -0.05) is 49.0 Å². The van der Waals surface area contributed by atoms with Crippen LogP contribution < -0.4 is 4.90 Å². The van der Waals surface area contributed by atoms with E-state index in [1.807, 2.05) is 60.8 Å². The molecule has 4 rings (SSSR count). The van der Waals surface area contributed by atoms with E-state index >= 15 is 0 Å². The third-order valence-electron chi connectivity index (χ3n) is 4.77. The zero-order valence-corrected chi connectivity index (χ0v) is 19.2. The number of hydrogen-bond acceptors (Lipinski definition) is 7. The Labute approximate surface area is 189 Å². The molecule has 1 amide bonds. The zero-order valence-electron chi connectivity index (χ0n) is 17.5. The molecule has 2 aromatic carbocycles. The summed E-state index contributed by atoms with van der Waals surface area (Å²) in [5.41, 5.74) is 4.93. The summed E-state index contributed by atoms with van der Waals surface area (Å²) in [6.45, 7) is 5.67. The van der Waals surface area contributed by atoms with Crippen molar-refractivity contribution in [2.24, 2.45) is 0 Å². The Hall–Kier alpha value is -2.97. The molecule has 0 saturated heterocycles. The quantitative estimate of drug-likeness (QED) is 0.320. The molecule has 6 nitrogen and oxygen atoms in total. The van der Waals surface area contributed by atoms with Crippen molar-refractivity contribution in [3.05, 3.63) is 70.7 Å². The predicted octanol–water partition coefficient (Wildman–Crippen LogP) is 6.04. The molecule has 2 heterocycles. The topological polar surface area (TPSA) is 72.1 Å². The van der Waals surface area contributed by atoms with Gasteiger partial charge in [-0.3, -0.25) is 9.69 Å². The van der Waals surface area contributed by atoms with Gasteiger partial charge in [0.15, 0.2) is 5.13 Å². The van der Waals surface area contributed by atoms with Crippen LogP contribution in [0.1, 0.15) is 30.7 Å². The van der Waals surface area contributed by atoms with Gasteiger partial charge in [0.2, 0.25) is 11.8 Å². The summed E-state index contributed by atoms with van der Waals surface area (Å²) >= 11 is 2.87. The predicted molar refractivity (Wildman–Crippen MR) is 125 cm³/mol. The molecule has 4 aromatic rings. The SMILES string of the molecule is CCc1ccc(N(C(C)=O)c2nc(CSc3nnc(-c4ccccc4C)o3)cs2)cc1. The summed E-state index contributed by atoms with van der Waals surface area (Å²) in [5.74, 6) is 1.02. The van der Waals surface area contributed by atoms with Crippen LogP contribution in [0, 0.1) is 6.92 Å². The van der Waals surface area contributed by atoms with Crippen molar-refractivity contribution >= 4 is 39.8 Å². The Morgan fingerprint density at radius 1 is 1.13 bits per heavy atom. The Kier molecular flexibility index (Phi) is 6.48. The fourth-order valence-electron chi connectivity index (χ4n) is 3.10. The second-order valence-corrected chi connectivity index (χ2v) is 8.74. The number of anilines is 2. The molecule has 0 aliphatic carbocycles. The molecule has 0 radical (unpaired) electrons. The van der Waals surface area contributed by atoms with Gasteiger partial charge in [-0.25, -0.2) is 4.98 Å². The number of hydrogen-bond donors (Lipinski definition) is 0. The minimum Gasteiger partial charge on any atom is -0.411 e. The van der Waals surface area contributed by atoms with E-state index in [2.05, 4.69) is 22.1 Å². The van der Waals surface area contributed by atoms with E-state index in [0.29, 0.717) is 22.0 Å². The van der Waals surface area contributed by atoms with Crippen LogP contribution in [-0.2, 0) is 17.0 Å². The summed E-state index contributed by atoms with van der Waals surface area (Å²) in [6.07, 6.45) is 0.959. The summed E-state index contributed by atoms with van der Waals surface area (Å²) in [6, 6.07) is 15.9. The standard InChI is InChI=1S/C23H22N4O2S2/c1-4-17-9-11-19(12-10-17)27(16(3)28)22-24-18(13-30-22)14-31-23-26-25-21(29-23)20-8-6-5-7-15(20)2/h5-13H,4,14H2,1-3H3. The Bertz CT molecular complexity index is 1180. The van der Waals surface area contributed by atoms with Gasteiger partial charge in [0.05, 0.1) is 11.4 Å². The smallest absolute Gasteiger partial charge is 0.277 e.